The van der Waals surface area contributed by atoms with E-state index in [1.165, 1.54) is 29.5 Å². The van der Waals surface area contributed by atoms with Gasteiger partial charge in [-0.05, 0) is 23.8 Å². The highest BCUT2D eigenvalue weighted by Crippen LogP contribution is 2.29. The molecule has 3 aromatic rings. The summed E-state index contributed by atoms with van der Waals surface area (Å²) in [6.07, 6.45) is 3.05. The Morgan fingerprint density at radius 3 is 2.81 bits per heavy atom. The van der Waals surface area contributed by atoms with E-state index >= 15 is 0 Å². The fourth-order valence-electron chi connectivity index (χ4n) is 3.34. The molecule has 1 aromatic heterocycles. The zero-order valence-electron chi connectivity index (χ0n) is 16.8. The summed E-state index contributed by atoms with van der Waals surface area (Å²) < 4.78 is 6.42. The third-order valence-electron chi connectivity index (χ3n) is 5.02. The van der Waals surface area contributed by atoms with Crippen molar-refractivity contribution >= 4 is 44.4 Å². The van der Waals surface area contributed by atoms with E-state index in [1.807, 2.05) is 24.3 Å². The van der Waals surface area contributed by atoms with Crippen molar-refractivity contribution < 1.29 is 14.5 Å². The van der Waals surface area contributed by atoms with Gasteiger partial charge < -0.3 is 4.74 Å². The number of morpholine rings is 1. The summed E-state index contributed by atoms with van der Waals surface area (Å²) in [5, 5.41) is 11.6. The Kier molecular flexibility index (Phi) is 6.66. The summed E-state index contributed by atoms with van der Waals surface area (Å²) in [4.78, 5) is 32.2. The fourth-order valence-corrected chi connectivity index (χ4v) is 4.34. The Hall–Kier alpha value is -3.14. The molecule has 0 aliphatic carbocycles. The van der Waals surface area contributed by atoms with E-state index in [4.69, 9.17) is 4.74 Å². The predicted octanol–water partition coefficient (Wildman–Crippen LogP) is 3.58. The van der Waals surface area contributed by atoms with Crippen LogP contribution in [0.5, 0.6) is 0 Å². The lowest BCUT2D eigenvalue weighted by Crippen LogP contribution is -2.42. The van der Waals surface area contributed by atoms with E-state index in [0.29, 0.717) is 30.5 Å². The number of rotatable bonds is 7. The lowest BCUT2D eigenvalue weighted by atomic mass is 10.2. The molecule has 0 atom stereocenters. The minimum Gasteiger partial charge on any atom is -0.379 e. The maximum atomic E-state index is 13.1. The number of hydrogen-bond acceptors (Lipinski definition) is 7. The molecule has 8 nitrogen and oxygen atoms in total. The molecule has 0 radical (unpaired) electrons. The molecule has 1 fully saturated rings. The first kappa shape index (κ1) is 21.1. The number of aromatic nitrogens is 1. The molecule has 0 bridgehead atoms. The molecule has 1 amide bonds. The monoisotopic (exact) mass is 438 g/mol. The van der Waals surface area contributed by atoms with Crippen molar-refractivity contribution in [1.82, 2.24) is 9.88 Å². The summed E-state index contributed by atoms with van der Waals surface area (Å²) >= 11 is 1.48. The van der Waals surface area contributed by atoms with E-state index in [1.54, 1.807) is 23.1 Å². The van der Waals surface area contributed by atoms with Crippen LogP contribution in [0.2, 0.25) is 0 Å². The van der Waals surface area contributed by atoms with E-state index in [0.717, 1.165) is 29.9 Å². The van der Waals surface area contributed by atoms with Gasteiger partial charge in [0.15, 0.2) is 5.13 Å². The number of nitro benzene ring substituents is 1. The highest BCUT2D eigenvalue weighted by atomic mass is 32.1. The van der Waals surface area contributed by atoms with Gasteiger partial charge in [0, 0.05) is 44.4 Å². The van der Waals surface area contributed by atoms with E-state index in [2.05, 4.69) is 9.88 Å². The zero-order valence-corrected chi connectivity index (χ0v) is 17.7. The van der Waals surface area contributed by atoms with Gasteiger partial charge >= 0.3 is 0 Å². The zero-order chi connectivity index (χ0) is 21.6. The fraction of sp³-hybridized carbons (Fsp3) is 0.273. The number of non-ortho nitro benzene ring substituents is 1. The van der Waals surface area contributed by atoms with Crippen molar-refractivity contribution in [3.05, 3.63) is 70.3 Å². The largest absolute Gasteiger partial charge is 0.379 e. The number of nitrogens with zero attached hydrogens (tertiary/aromatic N) is 4. The molecule has 1 aliphatic heterocycles. The second kappa shape index (κ2) is 9.78. The van der Waals surface area contributed by atoms with Gasteiger partial charge in [0.05, 0.1) is 28.4 Å². The van der Waals surface area contributed by atoms with Crippen molar-refractivity contribution in [3.63, 3.8) is 0 Å². The number of thiazole rings is 1. The number of ether oxygens (including phenoxy) is 1. The van der Waals surface area contributed by atoms with Crippen molar-refractivity contribution in [3.8, 4) is 0 Å². The number of carbonyl (C=O) groups excluding carboxylic acids is 1. The number of nitro groups is 1. The Balaban J connectivity index is 1.55. The smallest absolute Gasteiger partial charge is 0.270 e. The maximum absolute atomic E-state index is 13.1. The first-order valence-corrected chi connectivity index (χ1v) is 10.8. The van der Waals surface area contributed by atoms with Crippen molar-refractivity contribution in [2.45, 2.75) is 0 Å². The maximum Gasteiger partial charge on any atom is 0.270 e. The molecule has 9 heteroatoms. The lowest BCUT2D eigenvalue weighted by molar-refractivity contribution is -0.384. The van der Waals surface area contributed by atoms with Crippen molar-refractivity contribution in [2.75, 3.05) is 44.3 Å². The average Bonchev–Trinajstić information content (AvgIpc) is 3.22. The molecule has 0 unspecified atom stereocenters. The van der Waals surface area contributed by atoms with Gasteiger partial charge in [0.25, 0.3) is 11.6 Å². The van der Waals surface area contributed by atoms with Crippen LogP contribution in [0.4, 0.5) is 10.8 Å². The number of anilines is 1. The Morgan fingerprint density at radius 2 is 2.03 bits per heavy atom. The number of amides is 1. The standard InChI is InChI=1S/C22H22N4O4S/c27-21(9-8-17-4-3-5-18(16-17)26(28)29)25(11-10-24-12-14-30-15-13-24)22-23-19-6-1-2-7-20(19)31-22/h1-9,16H,10-15H2. The molecule has 1 saturated heterocycles. The summed E-state index contributed by atoms with van der Waals surface area (Å²) in [5.74, 6) is -0.209. The Morgan fingerprint density at radius 1 is 1.23 bits per heavy atom. The molecule has 1 aliphatic rings. The van der Waals surface area contributed by atoms with E-state index < -0.39 is 4.92 Å². The third-order valence-corrected chi connectivity index (χ3v) is 6.08. The normalized spacial score (nSPS) is 14.8. The molecule has 0 spiro atoms. The molecule has 160 valence electrons. The number of fused-ring (bicyclic) bond motifs is 1. The quantitative estimate of drug-likeness (QED) is 0.318. The SMILES string of the molecule is O=C(C=Cc1cccc([N+](=O)[O-])c1)N(CCN1CCOCC1)c1nc2ccccc2s1. The van der Waals surface area contributed by atoms with Crippen molar-refractivity contribution in [1.29, 1.82) is 0 Å². The van der Waals surface area contributed by atoms with Gasteiger partial charge in [0.2, 0.25) is 0 Å². The van der Waals surface area contributed by atoms with Crippen LogP contribution >= 0.6 is 11.3 Å². The minimum absolute atomic E-state index is 0.00931. The van der Waals surface area contributed by atoms with Gasteiger partial charge in [-0.3, -0.25) is 24.7 Å². The predicted molar refractivity (Wildman–Crippen MR) is 121 cm³/mol. The second-order valence-corrected chi connectivity index (χ2v) is 8.10. The summed E-state index contributed by atoms with van der Waals surface area (Å²) in [6, 6.07) is 14.0. The number of hydrogen-bond donors (Lipinski definition) is 0. The summed E-state index contributed by atoms with van der Waals surface area (Å²) in [5.41, 5.74) is 1.44. The number of benzene rings is 2. The molecule has 0 saturated carbocycles. The van der Waals surface area contributed by atoms with Crippen LogP contribution in [-0.4, -0.2) is 60.1 Å². The van der Waals surface area contributed by atoms with Gasteiger partial charge in [-0.2, -0.15) is 0 Å². The van der Waals surface area contributed by atoms with Crippen LogP contribution in [0.1, 0.15) is 5.56 Å². The van der Waals surface area contributed by atoms with Crippen molar-refractivity contribution in [2.24, 2.45) is 0 Å². The first-order chi connectivity index (χ1) is 15.1. The van der Waals surface area contributed by atoms with E-state index in [9.17, 15) is 14.9 Å². The molecule has 2 aromatic carbocycles. The summed E-state index contributed by atoms with van der Waals surface area (Å²) in [6.45, 7) is 4.29. The number of para-hydroxylation sites is 1. The highest BCUT2D eigenvalue weighted by Gasteiger charge is 2.20. The lowest BCUT2D eigenvalue weighted by Gasteiger charge is -2.28. The van der Waals surface area contributed by atoms with Crippen LogP contribution < -0.4 is 4.90 Å². The Labute approximate surface area is 183 Å². The van der Waals surface area contributed by atoms with Crippen LogP contribution in [0.3, 0.4) is 0 Å². The van der Waals surface area contributed by atoms with Gasteiger partial charge in [0.1, 0.15) is 0 Å². The van der Waals surface area contributed by atoms with Crippen LogP contribution in [0.15, 0.2) is 54.6 Å². The molecular formula is C22H22N4O4S. The molecular weight excluding hydrogens is 416 g/mol. The van der Waals surface area contributed by atoms with E-state index in [-0.39, 0.29) is 11.6 Å². The van der Waals surface area contributed by atoms with Gasteiger partial charge in [-0.15, -0.1) is 0 Å². The summed E-state index contributed by atoms with van der Waals surface area (Å²) in [7, 11) is 0. The Bertz CT molecular complexity index is 1070. The second-order valence-electron chi connectivity index (χ2n) is 7.09. The van der Waals surface area contributed by atoms with Gasteiger partial charge in [-0.1, -0.05) is 35.6 Å². The molecule has 2 heterocycles. The van der Waals surface area contributed by atoms with Crippen LogP contribution in [0, 0.1) is 10.1 Å². The highest BCUT2D eigenvalue weighted by molar-refractivity contribution is 7.22. The molecule has 4 rings (SSSR count). The van der Waals surface area contributed by atoms with Crippen LogP contribution in [-0.2, 0) is 9.53 Å². The van der Waals surface area contributed by atoms with Gasteiger partial charge in [-0.25, -0.2) is 4.98 Å². The first-order valence-electron chi connectivity index (χ1n) is 10.00. The molecule has 31 heavy (non-hydrogen) atoms. The van der Waals surface area contributed by atoms with Crippen LogP contribution in [0.25, 0.3) is 16.3 Å². The topological polar surface area (TPSA) is 88.8 Å². The molecule has 0 N–H and O–H groups in total. The third kappa shape index (κ3) is 5.32. The number of carbonyl (C=O) groups is 1. The minimum atomic E-state index is -0.449. The average molecular weight is 439 g/mol.